The highest BCUT2D eigenvalue weighted by molar-refractivity contribution is 6.35. The van der Waals surface area contributed by atoms with Crippen LogP contribution in [0, 0.1) is 0 Å². The second-order valence-corrected chi connectivity index (χ2v) is 8.40. The zero-order chi connectivity index (χ0) is 24.0. The molecule has 0 aliphatic heterocycles. The number of nitrogen functional groups attached to an aromatic ring is 1. The largest absolute Gasteiger partial charge is 0.381 e. The molecule has 5 rings (SSSR count). The molecule has 1 atom stereocenters. The normalized spacial score (nSPS) is 12.2. The van der Waals surface area contributed by atoms with Crippen molar-refractivity contribution >= 4 is 39.9 Å². The van der Waals surface area contributed by atoms with Gasteiger partial charge in [0.15, 0.2) is 16.9 Å². The van der Waals surface area contributed by atoms with Gasteiger partial charge in [0.25, 0.3) is 5.91 Å². The molecule has 3 N–H and O–H groups in total. The van der Waals surface area contributed by atoms with Crippen molar-refractivity contribution in [3.63, 3.8) is 0 Å². The maximum absolute atomic E-state index is 13.7. The van der Waals surface area contributed by atoms with E-state index in [-0.39, 0.29) is 16.8 Å². The van der Waals surface area contributed by atoms with Gasteiger partial charge in [-0.3, -0.25) is 9.59 Å². The molecule has 0 saturated heterocycles. The first-order valence-corrected chi connectivity index (χ1v) is 11.0. The molecule has 34 heavy (non-hydrogen) atoms. The predicted octanol–water partition coefficient (Wildman–Crippen LogP) is 3.97. The molecule has 8 nitrogen and oxygen atoms in total. The lowest BCUT2D eigenvalue weighted by molar-refractivity contribution is 0.0941. The number of amides is 1. The standard InChI is InChI=1S/C25H21ClN6O2/c1-14(29-25(34)20-23(27)30-32-13-7-12-28-24(20)32)21-18(15-8-4-3-5-9-15)22(33)19-16(26)10-6-11-17(19)31(21)2/h3-14H,1-2H3,(H2,27,30)(H,29,34)/t14-/m0/s1. The van der Waals surface area contributed by atoms with Crippen LogP contribution in [0.3, 0.4) is 0 Å². The fourth-order valence-electron chi connectivity index (χ4n) is 4.41. The van der Waals surface area contributed by atoms with E-state index >= 15 is 0 Å². The van der Waals surface area contributed by atoms with Gasteiger partial charge in [0, 0.05) is 19.4 Å². The Bertz CT molecular complexity index is 1620. The van der Waals surface area contributed by atoms with Crippen LogP contribution in [0.1, 0.15) is 29.0 Å². The molecule has 1 amide bonds. The van der Waals surface area contributed by atoms with Crippen molar-refractivity contribution < 1.29 is 4.79 Å². The van der Waals surface area contributed by atoms with E-state index in [1.54, 1.807) is 30.6 Å². The van der Waals surface area contributed by atoms with E-state index in [9.17, 15) is 9.59 Å². The van der Waals surface area contributed by atoms with E-state index in [4.69, 9.17) is 17.3 Å². The molecule has 3 aromatic heterocycles. The molecule has 0 fully saturated rings. The monoisotopic (exact) mass is 472 g/mol. The van der Waals surface area contributed by atoms with Gasteiger partial charge in [0.2, 0.25) is 0 Å². The van der Waals surface area contributed by atoms with Gasteiger partial charge in [-0.15, -0.1) is 5.10 Å². The third-order valence-corrected chi connectivity index (χ3v) is 6.21. The third kappa shape index (κ3) is 3.39. The number of anilines is 1. The summed E-state index contributed by atoms with van der Waals surface area (Å²) in [6.07, 6.45) is 3.24. The van der Waals surface area contributed by atoms with Crippen LogP contribution in [0.4, 0.5) is 5.82 Å². The number of aryl methyl sites for hydroxylation is 1. The van der Waals surface area contributed by atoms with E-state index in [2.05, 4.69) is 15.4 Å². The average molecular weight is 473 g/mol. The maximum atomic E-state index is 13.7. The number of hydrogen-bond acceptors (Lipinski definition) is 5. The zero-order valence-electron chi connectivity index (χ0n) is 18.5. The summed E-state index contributed by atoms with van der Waals surface area (Å²) < 4.78 is 3.35. The highest BCUT2D eigenvalue weighted by atomic mass is 35.5. The summed E-state index contributed by atoms with van der Waals surface area (Å²) in [4.78, 5) is 31.3. The Kier molecular flexibility index (Phi) is 5.30. The average Bonchev–Trinajstić information content (AvgIpc) is 3.17. The fourth-order valence-corrected chi connectivity index (χ4v) is 4.66. The van der Waals surface area contributed by atoms with Crippen molar-refractivity contribution in [2.45, 2.75) is 13.0 Å². The Labute approximate surface area is 199 Å². The summed E-state index contributed by atoms with van der Waals surface area (Å²) in [6, 6.07) is 15.8. The molecule has 5 aromatic rings. The van der Waals surface area contributed by atoms with Crippen LogP contribution in [0.2, 0.25) is 5.02 Å². The number of nitrogens with zero attached hydrogens (tertiary/aromatic N) is 4. The Morgan fingerprint density at radius 1 is 1.12 bits per heavy atom. The number of nitrogens with two attached hydrogens (primary N) is 1. The molecule has 0 aliphatic rings. The highest BCUT2D eigenvalue weighted by Crippen LogP contribution is 2.31. The van der Waals surface area contributed by atoms with Gasteiger partial charge in [0.1, 0.15) is 5.56 Å². The number of hydrogen-bond donors (Lipinski definition) is 2. The molecule has 3 heterocycles. The van der Waals surface area contributed by atoms with E-state index in [0.717, 1.165) is 5.56 Å². The first kappa shape index (κ1) is 21.7. The van der Waals surface area contributed by atoms with E-state index in [1.807, 2.05) is 54.9 Å². The number of carbonyl (C=O) groups is 1. The number of nitrogens with one attached hydrogen (secondary N) is 1. The number of rotatable bonds is 4. The van der Waals surface area contributed by atoms with Gasteiger partial charge >= 0.3 is 0 Å². The summed E-state index contributed by atoms with van der Waals surface area (Å²) in [5.74, 6) is -0.359. The van der Waals surface area contributed by atoms with Crippen molar-refractivity contribution in [1.29, 1.82) is 0 Å². The summed E-state index contributed by atoms with van der Waals surface area (Å²) >= 11 is 6.44. The Balaban J connectivity index is 1.68. The number of benzene rings is 2. The molecule has 0 radical (unpaired) electrons. The molecule has 0 spiro atoms. The van der Waals surface area contributed by atoms with Crippen LogP contribution in [0.5, 0.6) is 0 Å². The molecule has 170 valence electrons. The smallest absolute Gasteiger partial charge is 0.259 e. The third-order valence-electron chi connectivity index (χ3n) is 5.89. The van der Waals surface area contributed by atoms with Crippen LogP contribution in [-0.4, -0.2) is 25.1 Å². The van der Waals surface area contributed by atoms with Crippen molar-refractivity contribution in [2.24, 2.45) is 7.05 Å². The van der Waals surface area contributed by atoms with Crippen LogP contribution in [0.15, 0.2) is 71.8 Å². The number of pyridine rings is 1. The van der Waals surface area contributed by atoms with Crippen LogP contribution in [-0.2, 0) is 7.05 Å². The molecule has 0 bridgehead atoms. The predicted molar refractivity (Wildman–Crippen MR) is 133 cm³/mol. The zero-order valence-corrected chi connectivity index (χ0v) is 19.2. The van der Waals surface area contributed by atoms with E-state index in [0.29, 0.717) is 32.8 Å². The van der Waals surface area contributed by atoms with Crippen LogP contribution >= 0.6 is 11.6 Å². The number of fused-ring (bicyclic) bond motifs is 2. The minimum atomic E-state index is -0.554. The van der Waals surface area contributed by atoms with Gasteiger partial charge in [-0.25, -0.2) is 9.50 Å². The van der Waals surface area contributed by atoms with Crippen LogP contribution in [0.25, 0.3) is 27.7 Å². The molecular weight excluding hydrogens is 452 g/mol. The fraction of sp³-hybridized carbons (Fsp3) is 0.120. The topological polar surface area (TPSA) is 107 Å². The quantitative estimate of drug-likeness (QED) is 0.411. The van der Waals surface area contributed by atoms with Gasteiger partial charge in [-0.1, -0.05) is 48.0 Å². The Morgan fingerprint density at radius 2 is 1.88 bits per heavy atom. The first-order valence-electron chi connectivity index (χ1n) is 10.6. The summed E-state index contributed by atoms with van der Waals surface area (Å²) in [7, 11) is 1.85. The molecule has 0 unspecified atom stereocenters. The molecule has 0 saturated carbocycles. The van der Waals surface area contributed by atoms with Crippen molar-refractivity contribution in [3.8, 4) is 11.1 Å². The SMILES string of the molecule is C[C@H](NC(=O)c1c(N)nn2cccnc12)c1c(-c2ccccc2)c(=O)c2c(Cl)cccc2n1C. The van der Waals surface area contributed by atoms with Gasteiger partial charge in [-0.2, -0.15) is 0 Å². The number of carbonyl (C=O) groups excluding carboxylic acids is 1. The maximum Gasteiger partial charge on any atom is 0.259 e. The van der Waals surface area contributed by atoms with E-state index in [1.165, 1.54) is 4.52 Å². The minimum Gasteiger partial charge on any atom is -0.381 e. The molecule has 2 aromatic carbocycles. The van der Waals surface area contributed by atoms with Gasteiger partial charge in [0.05, 0.1) is 33.2 Å². The van der Waals surface area contributed by atoms with Crippen LogP contribution < -0.4 is 16.5 Å². The Hall–Kier alpha value is -4.17. The highest BCUT2D eigenvalue weighted by Gasteiger charge is 2.26. The first-order chi connectivity index (χ1) is 16.4. The van der Waals surface area contributed by atoms with Crippen molar-refractivity contribution in [1.82, 2.24) is 24.5 Å². The second kappa shape index (κ2) is 8.31. The van der Waals surface area contributed by atoms with Crippen molar-refractivity contribution in [2.75, 3.05) is 5.73 Å². The Morgan fingerprint density at radius 3 is 2.65 bits per heavy atom. The lowest BCUT2D eigenvalue weighted by Crippen LogP contribution is -2.31. The number of halogens is 1. The molecule has 0 aliphatic carbocycles. The molecule has 9 heteroatoms. The summed E-state index contributed by atoms with van der Waals surface area (Å²) in [6.45, 7) is 1.82. The van der Waals surface area contributed by atoms with Crippen molar-refractivity contribution in [3.05, 3.63) is 93.5 Å². The number of aromatic nitrogens is 4. The second-order valence-electron chi connectivity index (χ2n) is 7.99. The van der Waals surface area contributed by atoms with Gasteiger partial charge in [-0.05, 0) is 30.7 Å². The van der Waals surface area contributed by atoms with Gasteiger partial charge < -0.3 is 15.6 Å². The lowest BCUT2D eigenvalue weighted by Gasteiger charge is -2.23. The minimum absolute atomic E-state index is 0.0749. The van der Waals surface area contributed by atoms with E-state index < -0.39 is 11.9 Å². The molecular formula is C25H21ClN6O2. The summed E-state index contributed by atoms with van der Waals surface area (Å²) in [5.41, 5.74) is 8.89. The summed E-state index contributed by atoms with van der Waals surface area (Å²) in [5, 5.41) is 7.96. The lowest BCUT2D eigenvalue weighted by atomic mass is 9.96.